The summed E-state index contributed by atoms with van der Waals surface area (Å²) in [7, 11) is 0. The van der Waals surface area contributed by atoms with Crippen LogP contribution in [0.15, 0.2) is 25.3 Å². The lowest BCUT2D eigenvalue weighted by molar-refractivity contribution is 0.0697. The molecule has 0 aromatic heterocycles. The molecule has 0 aromatic carbocycles. The van der Waals surface area contributed by atoms with Crippen molar-refractivity contribution in [1.29, 1.82) is 0 Å². The van der Waals surface area contributed by atoms with Gasteiger partial charge in [-0.05, 0) is 43.4 Å². The fourth-order valence-electron chi connectivity index (χ4n) is 2.41. The molecule has 16 heavy (non-hydrogen) atoms. The molecular weight excluding hydrogens is 200 g/mol. The molecule has 3 rings (SSSR count). The lowest BCUT2D eigenvalue weighted by atomic mass is 9.90. The first-order valence-electron chi connectivity index (χ1n) is 6.30. The summed E-state index contributed by atoms with van der Waals surface area (Å²) >= 11 is 0. The molecule has 2 aliphatic carbocycles. The zero-order chi connectivity index (χ0) is 11.4. The van der Waals surface area contributed by atoms with E-state index in [0.717, 1.165) is 24.4 Å². The molecule has 0 radical (unpaired) electrons. The average molecular weight is 222 g/mol. The van der Waals surface area contributed by atoms with Gasteiger partial charge in [0.05, 0.1) is 6.61 Å². The minimum absolute atomic E-state index is 0.0815. The summed E-state index contributed by atoms with van der Waals surface area (Å²) in [5, 5.41) is 0. The van der Waals surface area contributed by atoms with Crippen molar-refractivity contribution in [2.24, 2.45) is 17.8 Å². The summed E-state index contributed by atoms with van der Waals surface area (Å²) in [6, 6.07) is 0. The Morgan fingerprint density at radius 3 is 2.56 bits per heavy atom. The van der Waals surface area contributed by atoms with Gasteiger partial charge < -0.3 is 9.47 Å². The molecule has 90 valence electrons. The van der Waals surface area contributed by atoms with Crippen LogP contribution < -0.4 is 0 Å². The Kier molecular flexibility index (Phi) is 4.19. The summed E-state index contributed by atoms with van der Waals surface area (Å²) < 4.78 is 9.70. The van der Waals surface area contributed by atoms with Gasteiger partial charge in [-0.25, -0.2) is 0 Å². The molecular formula is C14H22O2. The van der Waals surface area contributed by atoms with Crippen LogP contribution in [0.4, 0.5) is 0 Å². The predicted molar refractivity (Wildman–Crippen MR) is 65.0 cm³/mol. The first-order chi connectivity index (χ1) is 7.83. The largest absolute Gasteiger partial charge is 0.346 e. The molecule has 3 fully saturated rings. The van der Waals surface area contributed by atoms with E-state index < -0.39 is 0 Å². The van der Waals surface area contributed by atoms with E-state index in [1.54, 1.807) is 6.08 Å². The minimum atomic E-state index is 0.0815. The van der Waals surface area contributed by atoms with Crippen LogP contribution in [0.2, 0.25) is 0 Å². The van der Waals surface area contributed by atoms with Crippen molar-refractivity contribution in [3.63, 3.8) is 0 Å². The van der Waals surface area contributed by atoms with Crippen LogP contribution in [0, 0.1) is 17.8 Å². The van der Waals surface area contributed by atoms with Crippen molar-refractivity contribution in [3.05, 3.63) is 25.3 Å². The molecule has 1 aliphatic heterocycles. The molecule has 1 heterocycles. The molecule has 4 atom stereocenters. The number of hydrogen-bond donors (Lipinski definition) is 0. The summed E-state index contributed by atoms with van der Waals surface area (Å²) in [6.07, 6.45) is 9.83. The van der Waals surface area contributed by atoms with E-state index in [2.05, 4.69) is 19.2 Å². The Labute approximate surface area is 98.3 Å². The SMILES string of the molecule is C=CC1CCC2CC2C1.C=CCOC1CO1. The molecule has 2 saturated carbocycles. The monoisotopic (exact) mass is 222 g/mol. The lowest BCUT2D eigenvalue weighted by Crippen LogP contribution is -2.04. The second-order valence-electron chi connectivity index (χ2n) is 4.95. The van der Waals surface area contributed by atoms with Crippen molar-refractivity contribution < 1.29 is 9.47 Å². The van der Waals surface area contributed by atoms with Gasteiger partial charge >= 0.3 is 0 Å². The van der Waals surface area contributed by atoms with E-state index >= 15 is 0 Å². The number of fused-ring (bicyclic) bond motifs is 1. The van der Waals surface area contributed by atoms with E-state index in [4.69, 9.17) is 9.47 Å². The maximum absolute atomic E-state index is 4.96. The van der Waals surface area contributed by atoms with Crippen LogP contribution in [-0.4, -0.2) is 19.5 Å². The highest BCUT2D eigenvalue weighted by Crippen LogP contribution is 2.51. The standard InChI is InChI=1S/C9H14.C5H8O2/c1-2-7-3-4-8-6-9(8)5-7;1-2-3-6-5-4-7-5/h2,7-9H,1,3-6H2;2,5H,1,3-4H2. The van der Waals surface area contributed by atoms with E-state index in [1.807, 2.05) is 0 Å². The summed E-state index contributed by atoms with van der Waals surface area (Å²) in [5.74, 6) is 3.12. The normalized spacial score (nSPS) is 38.8. The molecule has 2 nitrogen and oxygen atoms in total. The van der Waals surface area contributed by atoms with E-state index in [-0.39, 0.29) is 6.29 Å². The van der Waals surface area contributed by atoms with Crippen molar-refractivity contribution in [2.45, 2.75) is 32.0 Å². The minimum Gasteiger partial charge on any atom is -0.346 e. The first kappa shape index (κ1) is 11.9. The lowest BCUT2D eigenvalue weighted by Gasteiger charge is -2.16. The van der Waals surface area contributed by atoms with Crippen LogP contribution in [0.1, 0.15) is 25.7 Å². The summed E-state index contributed by atoms with van der Waals surface area (Å²) in [4.78, 5) is 0. The Morgan fingerprint density at radius 1 is 1.19 bits per heavy atom. The van der Waals surface area contributed by atoms with Crippen molar-refractivity contribution >= 4 is 0 Å². The average Bonchev–Trinajstić information content (AvgIpc) is 3.19. The topological polar surface area (TPSA) is 21.8 Å². The number of rotatable bonds is 4. The summed E-state index contributed by atoms with van der Waals surface area (Å²) in [5.41, 5.74) is 0. The Hall–Kier alpha value is -0.600. The van der Waals surface area contributed by atoms with Gasteiger partial charge in [0.2, 0.25) is 0 Å². The Morgan fingerprint density at radius 2 is 2.00 bits per heavy atom. The zero-order valence-electron chi connectivity index (χ0n) is 9.94. The molecule has 4 unspecified atom stereocenters. The van der Waals surface area contributed by atoms with E-state index in [9.17, 15) is 0 Å². The fraction of sp³-hybridized carbons (Fsp3) is 0.714. The Bertz CT molecular complexity index is 245. The van der Waals surface area contributed by atoms with E-state index in [1.165, 1.54) is 25.7 Å². The molecule has 0 aromatic rings. The van der Waals surface area contributed by atoms with Gasteiger partial charge in [0.1, 0.15) is 6.61 Å². The number of epoxide rings is 1. The molecule has 0 bridgehead atoms. The van der Waals surface area contributed by atoms with Crippen LogP contribution in [0.25, 0.3) is 0 Å². The predicted octanol–water partition coefficient (Wildman–Crippen LogP) is 3.15. The van der Waals surface area contributed by atoms with E-state index in [0.29, 0.717) is 6.61 Å². The highest BCUT2D eigenvalue weighted by molar-refractivity contribution is 4.96. The van der Waals surface area contributed by atoms with Crippen LogP contribution in [0.3, 0.4) is 0 Å². The van der Waals surface area contributed by atoms with Gasteiger partial charge in [-0.15, -0.1) is 13.2 Å². The molecule has 0 amide bonds. The van der Waals surface area contributed by atoms with Gasteiger partial charge in [-0.1, -0.05) is 12.2 Å². The fourth-order valence-corrected chi connectivity index (χ4v) is 2.41. The Balaban J connectivity index is 0.000000125. The zero-order valence-corrected chi connectivity index (χ0v) is 9.94. The second-order valence-corrected chi connectivity index (χ2v) is 4.95. The van der Waals surface area contributed by atoms with Gasteiger partial charge in [-0.3, -0.25) is 0 Å². The van der Waals surface area contributed by atoms with Crippen LogP contribution in [-0.2, 0) is 9.47 Å². The molecule has 0 N–H and O–H groups in total. The second kappa shape index (κ2) is 5.65. The highest BCUT2D eigenvalue weighted by atomic mass is 16.8. The van der Waals surface area contributed by atoms with Crippen LogP contribution >= 0.6 is 0 Å². The maximum Gasteiger partial charge on any atom is 0.181 e. The third-order valence-electron chi connectivity index (χ3n) is 3.62. The summed E-state index contributed by atoms with van der Waals surface area (Å²) in [6.45, 7) is 8.68. The maximum atomic E-state index is 4.96. The molecule has 0 spiro atoms. The van der Waals surface area contributed by atoms with Crippen molar-refractivity contribution in [3.8, 4) is 0 Å². The van der Waals surface area contributed by atoms with Gasteiger partial charge in [-0.2, -0.15) is 0 Å². The number of allylic oxidation sites excluding steroid dienone is 1. The molecule has 3 aliphatic rings. The highest BCUT2D eigenvalue weighted by Gasteiger charge is 2.40. The smallest absolute Gasteiger partial charge is 0.181 e. The third kappa shape index (κ3) is 3.76. The first-order valence-corrected chi connectivity index (χ1v) is 6.30. The van der Waals surface area contributed by atoms with Crippen molar-refractivity contribution in [2.75, 3.05) is 13.2 Å². The molecule has 2 heteroatoms. The van der Waals surface area contributed by atoms with Gasteiger partial charge in [0.15, 0.2) is 6.29 Å². The van der Waals surface area contributed by atoms with Gasteiger partial charge in [0, 0.05) is 0 Å². The third-order valence-corrected chi connectivity index (χ3v) is 3.62. The van der Waals surface area contributed by atoms with Gasteiger partial charge in [0.25, 0.3) is 0 Å². The quantitative estimate of drug-likeness (QED) is 0.538. The number of ether oxygens (including phenoxy) is 2. The number of hydrogen-bond acceptors (Lipinski definition) is 2. The molecule has 1 saturated heterocycles. The van der Waals surface area contributed by atoms with Crippen LogP contribution in [0.5, 0.6) is 0 Å². The van der Waals surface area contributed by atoms with Crippen molar-refractivity contribution in [1.82, 2.24) is 0 Å².